The van der Waals surface area contributed by atoms with Crippen molar-refractivity contribution in [3.63, 3.8) is 0 Å². The molecule has 2 atom stereocenters. The van der Waals surface area contributed by atoms with Crippen LogP contribution in [0, 0.1) is 0 Å². The highest BCUT2D eigenvalue weighted by Gasteiger charge is 2.52. The number of anilines is 1. The van der Waals surface area contributed by atoms with E-state index in [4.69, 9.17) is 11.6 Å². The van der Waals surface area contributed by atoms with Crippen molar-refractivity contribution in [2.75, 3.05) is 11.9 Å². The van der Waals surface area contributed by atoms with Crippen molar-refractivity contribution >= 4 is 51.9 Å². The van der Waals surface area contributed by atoms with Crippen LogP contribution >= 0.6 is 22.9 Å². The van der Waals surface area contributed by atoms with Gasteiger partial charge in [0.2, 0.25) is 5.95 Å². The third-order valence-corrected chi connectivity index (χ3v) is 7.42. The number of aliphatic hydroxyl groups is 1. The predicted octanol–water partition coefficient (Wildman–Crippen LogP) is 4.80. The van der Waals surface area contributed by atoms with Crippen LogP contribution in [-0.4, -0.2) is 44.1 Å². The molecule has 168 valence electrons. The van der Waals surface area contributed by atoms with Crippen LogP contribution in [0.15, 0.2) is 53.9 Å². The summed E-state index contributed by atoms with van der Waals surface area (Å²) in [6.07, 6.45) is -1.15. The molecule has 0 fully saturated rings. The second-order valence-corrected chi connectivity index (χ2v) is 9.25. The number of aromatic nitrogens is 2. The van der Waals surface area contributed by atoms with Gasteiger partial charge in [-0.2, -0.15) is 0 Å². The summed E-state index contributed by atoms with van der Waals surface area (Å²) in [5, 5.41) is 23.8. The fraction of sp³-hybridized carbons (Fsp3) is 0.174. The molecule has 8 nitrogen and oxygen atoms in total. The Labute approximate surface area is 197 Å². The molecule has 2 aromatic carbocycles. The van der Waals surface area contributed by atoms with Crippen molar-refractivity contribution in [1.29, 1.82) is 0 Å². The first-order chi connectivity index (χ1) is 15.7. The Kier molecular flexibility index (Phi) is 4.93. The van der Waals surface area contributed by atoms with E-state index < -0.39 is 17.9 Å². The zero-order valence-corrected chi connectivity index (χ0v) is 19.2. The van der Waals surface area contributed by atoms with E-state index in [9.17, 15) is 19.8 Å². The van der Waals surface area contributed by atoms with Crippen LogP contribution in [0.25, 0.3) is 11.0 Å². The van der Waals surface area contributed by atoms with Crippen LogP contribution in [-0.2, 0) is 5.72 Å². The lowest BCUT2D eigenvalue weighted by atomic mass is 9.92. The molecule has 3 heterocycles. The minimum Gasteiger partial charge on any atom is -0.465 e. The largest absolute Gasteiger partial charge is 0.465 e. The van der Waals surface area contributed by atoms with E-state index in [-0.39, 0.29) is 11.9 Å². The van der Waals surface area contributed by atoms with E-state index in [2.05, 4.69) is 9.97 Å². The van der Waals surface area contributed by atoms with Gasteiger partial charge in [0.05, 0.1) is 22.1 Å². The number of hydrogen-bond donors (Lipinski definition) is 3. The number of hydrogen-bond acceptors (Lipinski definition) is 5. The van der Waals surface area contributed by atoms with Gasteiger partial charge in [-0.05, 0) is 31.2 Å². The zero-order valence-electron chi connectivity index (χ0n) is 17.6. The van der Waals surface area contributed by atoms with Gasteiger partial charge in [0.15, 0.2) is 5.72 Å². The highest BCUT2D eigenvalue weighted by Crippen LogP contribution is 2.47. The topological polar surface area (TPSA) is 110 Å². The summed E-state index contributed by atoms with van der Waals surface area (Å²) in [5.41, 5.74) is 0.652. The van der Waals surface area contributed by atoms with Gasteiger partial charge in [0.25, 0.3) is 5.91 Å². The first-order valence-electron chi connectivity index (χ1n) is 10.1. The Hall–Kier alpha value is -3.40. The lowest BCUT2D eigenvalue weighted by Crippen LogP contribution is -2.45. The summed E-state index contributed by atoms with van der Waals surface area (Å²) in [6.45, 7) is 1.85. The molecule has 2 amide bonds. The average Bonchev–Trinajstić information content (AvgIpc) is 3.48. The molecule has 3 N–H and O–H groups in total. The fourth-order valence-corrected chi connectivity index (χ4v) is 5.39. The second-order valence-electron chi connectivity index (χ2n) is 7.87. The van der Waals surface area contributed by atoms with Crippen molar-refractivity contribution in [3.8, 4) is 0 Å². The molecule has 0 spiro atoms. The molecular weight excluding hydrogens is 464 g/mol. The van der Waals surface area contributed by atoms with Gasteiger partial charge < -0.3 is 15.2 Å². The van der Waals surface area contributed by atoms with Crippen LogP contribution in [0.5, 0.6) is 0 Å². The number of benzene rings is 2. The first-order valence-corrected chi connectivity index (χ1v) is 11.3. The summed E-state index contributed by atoms with van der Waals surface area (Å²) >= 11 is 7.54. The maximum absolute atomic E-state index is 13.5. The Morgan fingerprint density at radius 2 is 2.03 bits per heavy atom. The molecule has 0 saturated heterocycles. The number of carbonyl (C=O) groups excluding carboxylic acids is 1. The number of nitrogens with one attached hydrogen (secondary N) is 1. The van der Waals surface area contributed by atoms with E-state index in [1.54, 1.807) is 53.9 Å². The third-order valence-electron chi connectivity index (χ3n) is 5.97. The Morgan fingerprint density at radius 1 is 1.27 bits per heavy atom. The van der Waals surface area contributed by atoms with E-state index in [0.717, 1.165) is 9.78 Å². The molecule has 2 aromatic heterocycles. The van der Waals surface area contributed by atoms with E-state index in [1.165, 1.54) is 23.3 Å². The normalized spacial score (nSPS) is 18.5. The van der Waals surface area contributed by atoms with Crippen molar-refractivity contribution in [1.82, 2.24) is 14.9 Å². The van der Waals surface area contributed by atoms with E-state index in [1.807, 2.05) is 6.92 Å². The SMILES string of the molecule is CC(c1cc(Cl)cs1)N1C(=O)c2ccccc2C1(O)c1ccc2[nH]c(N(C)C(=O)O)nc2c1. The molecule has 1 aliphatic rings. The smallest absolute Gasteiger partial charge is 0.413 e. The Balaban J connectivity index is 1.68. The lowest BCUT2D eigenvalue weighted by Gasteiger charge is -2.38. The van der Waals surface area contributed by atoms with Crippen LogP contribution in [0.3, 0.4) is 0 Å². The van der Waals surface area contributed by atoms with Crippen LogP contribution in [0.4, 0.5) is 10.7 Å². The molecule has 2 unspecified atom stereocenters. The zero-order chi connectivity index (χ0) is 23.5. The summed E-state index contributed by atoms with van der Waals surface area (Å²) in [4.78, 5) is 35.4. The standard InChI is InChI=1S/C23H19ClN4O4S/c1-12(19-10-14(24)11-33-19)28-20(29)15-5-3-4-6-16(15)23(28,32)13-7-8-17-18(9-13)26-21(25-17)27(2)22(30)31/h3-12,32H,1-2H3,(H,25,26)(H,30,31). The number of imidazole rings is 1. The molecule has 4 aromatic rings. The molecule has 0 bridgehead atoms. The van der Waals surface area contributed by atoms with Crippen LogP contribution in [0.1, 0.15) is 39.3 Å². The predicted molar refractivity (Wildman–Crippen MR) is 126 cm³/mol. The van der Waals surface area contributed by atoms with E-state index in [0.29, 0.717) is 32.7 Å². The quantitative estimate of drug-likeness (QED) is 0.387. The maximum atomic E-state index is 13.5. The van der Waals surface area contributed by atoms with Crippen LogP contribution in [0.2, 0.25) is 5.02 Å². The number of fused-ring (bicyclic) bond motifs is 2. The van der Waals surface area contributed by atoms with Crippen molar-refractivity contribution < 1.29 is 19.8 Å². The number of rotatable bonds is 4. The van der Waals surface area contributed by atoms with Gasteiger partial charge in [0.1, 0.15) is 0 Å². The van der Waals surface area contributed by atoms with Crippen molar-refractivity contribution in [3.05, 3.63) is 80.5 Å². The first kappa shape index (κ1) is 21.4. The number of carbonyl (C=O) groups is 2. The van der Waals surface area contributed by atoms with Gasteiger partial charge in [0, 0.05) is 34.0 Å². The summed E-state index contributed by atoms with van der Waals surface area (Å²) in [5.74, 6) is -0.137. The minimum atomic E-state index is -1.75. The molecular formula is C23H19ClN4O4S. The van der Waals surface area contributed by atoms with Gasteiger partial charge in [-0.25, -0.2) is 9.78 Å². The third kappa shape index (κ3) is 3.19. The molecule has 10 heteroatoms. The monoisotopic (exact) mass is 482 g/mol. The number of nitrogens with zero attached hydrogens (tertiary/aromatic N) is 3. The van der Waals surface area contributed by atoms with Crippen LogP contribution < -0.4 is 4.90 Å². The summed E-state index contributed by atoms with van der Waals surface area (Å²) in [6, 6.07) is 13.4. The molecule has 0 saturated carbocycles. The van der Waals surface area contributed by atoms with Gasteiger partial charge in [-0.3, -0.25) is 14.6 Å². The molecule has 33 heavy (non-hydrogen) atoms. The van der Waals surface area contributed by atoms with Gasteiger partial charge in [-0.1, -0.05) is 35.9 Å². The van der Waals surface area contributed by atoms with E-state index >= 15 is 0 Å². The number of amides is 2. The number of H-pyrrole nitrogens is 1. The number of halogens is 1. The highest BCUT2D eigenvalue weighted by molar-refractivity contribution is 7.10. The lowest BCUT2D eigenvalue weighted by molar-refractivity contribution is -0.0670. The van der Waals surface area contributed by atoms with Gasteiger partial charge in [-0.15, -0.1) is 11.3 Å². The summed E-state index contributed by atoms with van der Waals surface area (Å²) < 4.78 is 0. The molecule has 1 aliphatic heterocycles. The Morgan fingerprint density at radius 3 is 2.73 bits per heavy atom. The number of carboxylic acid groups (broad SMARTS) is 1. The van der Waals surface area contributed by atoms with Crippen molar-refractivity contribution in [2.45, 2.75) is 18.7 Å². The second kappa shape index (κ2) is 7.58. The maximum Gasteiger partial charge on any atom is 0.413 e. The summed E-state index contributed by atoms with van der Waals surface area (Å²) in [7, 11) is 1.38. The Bertz CT molecular complexity index is 1420. The molecule has 0 radical (unpaired) electrons. The average molecular weight is 483 g/mol. The minimum absolute atomic E-state index is 0.156. The number of thiophene rings is 1. The van der Waals surface area contributed by atoms with Gasteiger partial charge >= 0.3 is 6.09 Å². The number of aromatic amines is 1. The van der Waals surface area contributed by atoms with Crippen molar-refractivity contribution in [2.24, 2.45) is 0 Å². The fourth-order valence-electron chi connectivity index (χ4n) is 4.26. The highest BCUT2D eigenvalue weighted by atomic mass is 35.5. The molecule has 0 aliphatic carbocycles. The molecule has 5 rings (SSSR count).